The lowest BCUT2D eigenvalue weighted by Gasteiger charge is -2.16. The van der Waals surface area contributed by atoms with Gasteiger partial charge in [-0.2, -0.15) is 0 Å². The van der Waals surface area contributed by atoms with Gasteiger partial charge in [0, 0.05) is 35.5 Å². The van der Waals surface area contributed by atoms with Gasteiger partial charge >= 0.3 is 0 Å². The van der Waals surface area contributed by atoms with E-state index in [0.29, 0.717) is 6.42 Å². The fourth-order valence-electron chi connectivity index (χ4n) is 4.25. The molecule has 0 unspecified atom stereocenters. The SMILES string of the molecule is Cn1cncc1-c1ccc2cnc(CC(=O)c3ccc4c(c3)CCCC4)cc2c1. The Hall–Kier alpha value is -3.27. The van der Waals surface area contributed by atoms with Crippen molar-refractivity contribution in [2.45, 2.75) is 32.1 Å². The number of aryl methyl sites for hydroxylation is 3. The van der Waals surface area contributed by atoms with Crippen LogP contribution in [0.4, 0.5) is 0 Å². The van der Waals surface area contributed by atoms with Crippen LogP contribution < -0.4 is 0 Å². The first-order chi connectivity index (χ1) is 14.2. The van der Waals surface area contributed by atoms with E-state index in [1.807, 2.05) is 36.1 Å². The van der Waals surface area contributed by atoms with E-state index in [1.54, 1.807) is 6.33 Å². The Kier molecular flexibility index (Phi) is 4.47. The van der Waals surface area contributed by atoms with Gasteiger partial charge in [-0.3, -0.25) is 9.78 Å². The zero-order valence-corrected chi connectivity index (χ0v) is 16.6. The summed E-state index contributed by atoms with van der Waals surface area (Å²) in [7, 11) is 1.99. The molecule has 0 spiro atoms. The third-order valence-electron chi connectivity index (χ3n) is 5.90. The molecule has 4 heteroatoms. The van der Waals surface area contributed by atoms with Crippen molar-refractivity contribution in [3.8, 4) is 11.3 Å². The second-order valence-electron chi connectivity index (χ2n) is 7.92. The molecule has 2 aromatic carbocycles. The highest BCUT2D eigenvalue weighted by molar-refractivity contribution is 5.98. The highest BCUT2D eigenvalue weighted by Gasteiger charge is 2.14. The van der Waals surface area contributed by atoms with Crippen molar-refractivity contribution >= 4 is 16.6 Å². The van der Waals surface area contributed by atoms with Crippen LogP contribution >= 0.6 is 0 Å². The third-order valence-corrected chi connectivity index (χ3v) is 5.90. The van der Waals surface area contributed by atoms with Crippen LogP contribution in [0.25, 0.3) is 22.0 Å². The Bertz CT molecular complexity index is 1220. The summed E-state index contributed by atoms with van der Waals surface area (Å²) in [6, 6.07) is 14.5. The van der Waals surface area contributed by atoms with Gasteiger partial charge in [0.1, 0.15) is 0 Å². The number of Topliss-reactive ketones (excluding diaryl/α,β-unsaturated/α-hetero) is 1. The topological polar surface area (TPSA) is 47.8 Å². The van der Waals surface area contributed by atoms with Crippen LogP contribution in [-0.2, 0) is 26.3 Å². The van der Waals surface area contributed by atoms with E-state index in [2.05, 4.69) is 40.3 Å². The van der Waals surface area contributed by atoms with E-state index in [0.717, 1.165) is 46.1 Å². The number of pyridine rings is 1. The lowest BCUT2D eigenvalue weighted by molar-refractivity contribution is 0.0992. The highest BCUT2D eigenvalue weighted by Crippen LogP contribution is 2.25. The Morgan fingerprint density at radius 3 is 2.66 bits per heavy atom. The summed E-state index contributed by atoms with van der Waals surface area (Å²) in [6.45, 7) is 0. The molecule has 0 saturated carbocycles. The minimum Gasteiger partial charge on any atom is -0.334 e. The second kappa shape index (κ2) is 7.28. The molecule has 0 fully saturated rings. The fraction of sp³-hybridized carbons (Fsp3) is 0.240. The standard InChI is InChI=1S/C25H23N3O/c1-28-16-26-15-24(28)19-7-9-21-14-27-23(12-22(21)11-19)13-25(29)20-8-6-17-4-2-3-5-18(17)10-20/h6-12,14-16H,2-5,13H2,1H3. The van der Waals surface area contributed by atoms with Gasteiger partial charge in [0.2, 0.25) is 0 Å². The van der Waals surface area contributed by atoms with E-state index in [-0.39, 0.29) is 5.78 Å². The number of benzene rings is 2. The number of aromatic nitrogens is 3. The zero-order valence-electron chi connectivity index (χ0n) is 16.6. The molecule has 0 N–H and O–H groups in total. The van der Waals surface area contributed by atoms with E-state index in [4.69, 9.17) is 0 Å². The first kappa shape index (κ1) is 17.8. The molecule has 2 aromatic heterocycles. The van der Waals surface area contributed by atoms with Crippen LogP contribution in [0.1, 0.15) is 40.0 Å². The van der Waals surface area contributed by atoms with E-state index in [1.165, 1.54) is 24.0 Å². The Balaban J connectivity index is 1.42. The van der Waals surface area contributed by atoms with Gasteiger partial charge in [-0.1, -0.05) is 24.3 Å². The van der Waals surface area contributed by atoms with Crippen LogP contribution in [0.15, 0.2) is 61.2 Å². The molecule has 0 atom stereocenters. The summed E-state index contributed by atoms with van der Waals surface area (Å²) in [5.41, 5.74) is 6.53. The number of rotatable bonds is 4. The van der Waals surface area contributed by atoms with Crippen LogP contribution in [-0.4, -0.2) is 20.3 Å². The highest BCUT2D eigenvalue weighted by atomic mass is 16.1. The fourth-order valence-corrected chi connectivity index (χ4v) is 4.25. The molecule has 2 heterocycles. The number of fused-ring (bicyclic) bond motifs is 2. The average molecular weight is 381 g/mol. The molecule has 4 aromatic rings. The molecule has 0 aliphatic heterocycles. The summed E-state index contributed by atoms with van der Waals surface area (Å²) in [4.78, 5) is 21.6. The van der Waals surface area contributed by atoms with Crippen LogP contribution in [0.2, 0.25) is 0 Å². The van der Waals surface area contributed by atoms with Crippen LogP contribution in [0.3, 0.4) is 0 Å². The van der Waals surface area contributed by atoms with Crippen LogP contribution in [0.5, 0.6) is 0 Å². The summed E-state index contributed by atoms with van der Waals surface area (Å²) < 4.78 is 2.00. The van der Waals surface area contributed by atoms with Gasteiger partial charge in [-0.05, 0) is 60.4 Å². The molecule has 4 nitrogen and oxygen atoms in total. The number of nitrogens with zero attached hydrogens (tertiary/aromatic N) is 3. The average Bonchev–Trinajstić information content (AvgIpc) is 3.18. The number of carbonyl (C=O) groups is 1. The van der Waals surface area contributed by atoms with Crippen molar-refractivity contribution in [1.29, 1.82) is 0 Å². The molecule has 1 aliphatic carbocycles. The van der Waals surface area contributed by atoms with E-state index >= 15 is 0 Å². The number of imidazole rings is 1. The molecule has 0 saturated heterocycles. The summed E-state index contributed by atoms with van der Waals surface area (Å²) in [5, 5.41) is 2.16. The summed E-state index contributed by atoms with van der Waals surface area (Å²) >= 11 is 0. The normalized spacial score (nSPS) is 13.4. The molecular weight excluding hydrogens is 358 g/mol. The van der Waals surface area contributed by atoms with Gasteiger partial charge in [0.05, 0.1) is 24.6 Å². The molecule has 0 radical (unpaired) electrons. The predicted octanol–water partition coefficient (Wildman–Crippen LogP) is 4.94. The third kappa shape index (κ3) is 3.46. The van der Waals surface area contributed by atoms with Gasteiger partial charge < -0.3 is 4.57 Å². The summed E-state index contributed by atoms with van der Waals surface area (Å²) in [6.07, 6.45) is 10.5. The number of hydrogen-bond acceptors (Lipinski definition) is 3. The Morgan fingerprint density at radius 2 is 1.83 bits per heavy atom. The lowest BCUT2D eigenvalue weighted by Crippen LogP contribution is -2.08. The zero-order chi connectivity index (χ0) is 19.8. The molecular formula is C25H23N3O. The summed E-state index contributed by atoms with van der Waals surface area (Å²) in [5.74, 6) is 0.132. The molecule has 0 bridgehead atoms. The first-order valence-corrected chi connectivity index (χ1v) is 10.2. The molecule has 5 rings (SSSR count). The van der Waals surface area contributed by atoms with Crippen molar-refractivity contribution in [1.82, 2.24) is 14.5 Å². The first-order valence-electron chi connectivity index (χ1n) is 10.2. The minimum atomic E-state index is 0.132. The van der Waals surface area contributed by atoms with Crippen LogP contribution in [0, 0.1) is 0 Å². The maximum absolute atomic E-state index is 12.9. The minimum absolute atomic E-state index is 0.132. The second-order valence-corrected chi connectivity index (χ2v) is 7.92. The van der Waals surface area contributed by atoms with Gasteiger partial charge in [-0.25, -0.2) is 4.98 Å². The molecule has 1 aliphatic rings. The Labute approximate surface area is 170 Å². The monoisotopic (exact) mass is 381 g/mol. The van der Waals surface area contributed by atoms with Crippen molar-refractivity contribution in [3.05, 3.63) is 83.6 Å². The van der Waals surface area contributed by atoms with Crippen molar-refractivity contribution in [2.24, 2.45) is 7.05 Å². The molecule has 29 heavy (non-hydrogen) atoms. The van der Waals surface area contributed by atoms with Gasteiger partial charge in [0.25, 0.3) is 0 Å². The van der Waals surface area contributed by atoms with Gasteiger partial charge in [-0.15, -0.1) is 0 Å². The molecule has 144 valence electrons. The van der Waals surface area contributed by atoms with Crippen molar-refractivity contribution in [2.75, 3.05) is 0 Å². The molecule has 0 amide bonds. The van der Waals surface area contributed by atoms with Crippen molar-refractivity contribution in [3.63, 3.8) is 0 Å². The predicted molar refractivity (Wildman–Crippen MR) is 115 cm³/mol. The maximum atomic E-state index is 12.9. The van der Waals surface area contributed by atoms with Crippen molar-refractivity contribution < 1.29 is 4.79 Å². The number of carbonyl (C=O) groups excluding carboxylic acids is 1. The largest absolute Gasteiger partial charge is 0.334 e. The number of ketones is 1. The number of hydrogen-bond donors (Lipinski definition) is 0. The van der Waals surface area contributed by atoms with Gasteiger partial charge in [0.15, 0.2) is 5.78 Å². The Morgan fingerprint density at radius 1 is 0.966 bits per heavy atom. The quantitative estimate of drug-likeness (QED) is 0.471. The maximum Gasteiger partial charge on any atom is 0.168 e. The van der Waals surface area contributed by atoms with E-state index < -0.39 is 0 Å². The lowest BCUT2D eigenvalue weighted by atomic mass is 9.89. The smallest absolute Gasteiger partial charge is 0.168 e. The van der Waals surface area contributed by atoms with E-state index in [9.17, 15) is 4.79 Å².